The lowest BCUT2D eigenvalue weighted by Gasteiger charge is -2.16. The number of hydrogen-bond donors (Lipinski definition) is 0. The van der Waals surface area contributed by atoms with Gasteiger partial charge in [-0.25, -0.2) is 13.1 Å². The summed E-state index contributed by atoms with van der Waals surface area (Å²) in [5, 5.41) is 2.00. The second kappa shape index (κ2) is 5.42. The minimum absolute atomic E-state index is 0.193. The van der Waals surface area contributed by atoms with E-state index in [1.54, 1.807) is 30.5 Å². The zero-order valence-corrected chi connectivity index (χ0v) is 13.2. The number of rotatable bonds is 3. The van der Waals surface area contributed by atoms with Gasteiger partial charge in [0.1, 0.15) is 0 Å². The number of benzene rings is 2. The van der Waals surface area contributed by atoms with Gasteiger partial charge in [0.25, 0.3) is 0 Å². The molecule has 0 aliphatic heterocycles. The number of sulfonamides is 1. The molecule has 2 aromatic carbocycles. The summed E-state index contributed by atoms with van der Waals surface area (Å²) >= 11 is 0. The largest absolute Gasteiger partial charge is 0.318 e. The van der Waals surface area contributed by atoms with Crippen LogP contribution in [0.15, 0.2) is 65.7 Å². The van der Waals surface area contributed by atoms with Crippen molar-refractivity contribution in [3.63, 3.8) is 0 Å². The Labute approximate surface area is 130 Å². The first-order chi connectivity index (χ1) is 10.5. The van der Waals surface area contributed by atoms with Gasteiger partial charge in [-0.15, -0.1) is 0 Å². The SMILES string of the molecule is Cc1ccc(S(=O)(=O)[N-][n+]2cc3ccccc3cc2C)cc1. The van der Waals surface area contributed by atoms with E-state index < -0.39 is 10.0 Å². The fourth-order valence-electron chi connectivity index (χ4n) is 2.25. The molecule has 1 aromatic heterocycles. The van der Waals surface area contributed by atoms with E-state index in [-0.39, 0.29) is 4.90 Å². The molecule has 0 saturated carbocycles. The van der Waals surface area contributed by atoms with Gasteiger partial charge in [-0.2, -0.15) is 0 Å². The molecule has 0 fully saturated rings. The van der Waals surface area contributed by atoms with Gasteiger partial charge in [-0.1, -0.05) is 35.9 Å². The lowest BCUT2D eigenvalue weighted by molar-refractivity contribution is -0.619. The first-order valence-electron chi connectivity index (χ1n) is 6.92. The minimum Gasteiger partial charge on any atom is -0.318 e. The molecule has 0 unspecified atom stereocenters. The quantitative estimate of drug-likeness (QED) is 0.697. The zero-order chi connectivity index (χ0) is 15.7. The average Bonchev–Trinajstić information content (AvgIpc) is 2.48. The normalized spacial score (nSPS) is 11.5. The van der Waals surface area contributed by atoms with E-state index in [1.165, 1.54) is 4.68 Å². The van der Waals surface area contributed by atoms with Crippen molar-refractivity contribution in [1.29, 1.82) is 0 Å². The third-order valence-electron chi connectivity index (χ3n) is 3.50. The topological polar surface area (TPSA) is 52.1 Å². The zero-order valence-electron chi connectivity index (χ0n) is 12.4. The van der Waals surface area contributed by atoms with Gasteiger partial charge in [0, 0.05) is 18.4 Å². The van der Waals surface area contributed by atoms with Crippen LogP contribution >= 0.6 is 0 Å². The molecule has 112 valence electrons. The van der Waals surface area contributed by atoms with Crippen LogP contribution in [0, 0.1) is 13.8 Å². The number of aromatic nitrogens is 1. The molecule has 1 heterocycles. The van der Waals surface area contributed by atoms with E-state index in [2.05, 4.69) is 4.83 Å². The Hall–Kier alpha value is -2.40. The van der Waals surface area contributed by atoms with Gasteiger partial charge in [0.15, 0.2) is 21.9 Å². The summed E-state index contributed by atoms with van der Waals surface area (Å²) in [7, 11) is -3.73. The van der Waals surface area contributed by atoms with Crippen LogP contribution in [0.2, 0.25) is 0 Å². The predicted octanol–water partition coefficient (Wildman–Crippen LogP) is 3.27. The van der Waals surface area contributed by atoms with Crippen molar-refractivity contribution in [2.75, 3.05) is 0 Å². The summed E-state index contributed by atoms with van der Waals surface area (Å²) in [4.78, 5) is 4.12. The summed E-state index contributed by atoms with van der Waals surface area (Å²) in [6, 6.07) is 16.4. The Morgan fingerprint density at radius 3 is 2.23 bits per heavy atom. The smallest absolute Gasteiger partial charge is 0.175 e. The number of aryl methyl sites for hydroxylation is 2. The maximum absolute atomic E-state index is 12.4. The molecule has 3 aromatic rings. The number of hydrogen-bond acceptors (Lipinski definition) is 2. The van der Waals surface area contributed by atoms with Gasteiger partial charge in [0.05, 0.1) is 4.90 Å². The summed E-state index contributed by atoms with van der Waals surface area (Å²) in [6.07, 6.45) is 1.73. The highest BCUT2D eigenvalue weighted by atomic mass is 32.2. The number of nitrogens with zero attached hydrogens (tertiary/aromatic N) is 2. The average molecular weight is 312 g/mol. The summed E-state index contributed by atoms with van der Waals surface area (Å²) in [5.74, 6) is 0. The summed E-state index contributed by atoms with van der Waals surface area (Å²) < 4.78 is 26.2. The van der Waals surface area contributed by atoms with Crippen molar-refractivity contribution in [3.8, 4) is 0 Å². The minimum atomic E-state index is -3.73. The fraction of sp³-hybridized carbons (Fsp3) is 0.118. The van der Waals surface area contributed by atoms with Crippen LogP contribution in [-0.4, -0.2) is 8.42 Å². The molecule has 0 amide bonds. The molecule has 0 radical (unpaired) electrons. The highest BCUT2D eigenvalue weighted by molar-refractivity contribution is 7.93. The first kappa shape index (κ1) is 14.5. The third kappa shape index (κ3) is 2.80. The van der Waals surface area contributed by atoms with Gasteiger partial charge in [-0.05, 0) is 30.5 Å². The highest BCUT2D eigenvalue weighted by Gasteiger charge is 2.11. The third-order valence-corrected chi connectivity index (χ3v) is 4.76. The van der Waals surface area contributed by atoms with Crippen LogP contribution < -0.4 is 4.68 Å². The Bertz CT molecular complexity index is 933. The van der Waals surface area contributed by atoms with Gasteiger partial charge < -0.3 is 4.83 Å². The molecule has 5 heteroatoms. The van der Waals surface area contributed by atoms with Crippen molar-refractivity contribution in [3.05, 3.63) is 76.9 Å². The van der Waals surface area contributed by atoms with Crippen LogP contribution in [0.25, 0.3) is 15.6 Å². The van der Waals surface area contributed by atoms with Gasteiger partial charge >= 0.3 is 0 Å². The Morgan fingerprint density at radius 2 is 1.55 bits per heavy atom. The Morgan fingerprint density at radius 1 is 0.909 bits per heavy atom. The Kier molecular flexibility index (Phi) is 3.58. The second-order valence-electron chi connectivity index (χ2n) is 5.26. The molecule has 4 nitrogen and oxygen atoms in total. The van der Waals surface area contributed by atoms with Gasteiger partial charge in [-0.3, -0.25) is 0 Å². The fourth-order valence-corrected chi connectivity index (χ4v) is 3.23. The molecule has 0 saturated heterocycles. The lowest BCUT2D eigenvalue weighted by Crippen LogP contribution is -2.35. The molecule has 0 aliphatic carbocycles. The number of pyridine rings is 1. The molecule has 0 spiro atoms. The van der Waals surface area contributed by atoms with Gasteiger partial charge in [0.2, 0.25) is 0 Å². The van der Waals surface area contributed by atoms with Crippen molar-refractivity contribution in [2.45, 2.75) is 18.7 Å². The van der Waals surface area contributed by atoms with Crippen molar-refractivity contribution < 1.29 is 13.1 Å². The van der Waals surface area contributed by atoms with Crippen LogP contribution in [0.4, 0.5) is 0 Å². The molecule has 0 bridgehead atoms. The van der Waals surface area contributed by atoms with Crippen LogP contribution in [-0.2, 0) is 10.0 Å². The predicted molar refractivity (Wildman–Crippen MR) is 86.0 cm³/mol. The van der Waals surface area contributed by atoms with E-state index >= 15 is 0 Å². The van der Waals surface area contributed by atoms with E-state index in [0.29, 0.717) is 0 Å². The molecule has 3 rings (SSSR count). The van der Waals surface area contributed by atoms with Crippen LogP contribution in [0.3, 0.4) is 0 Å². The second-order valence-corrected chi connectivity index (χ2v) is 6.84. The summed E-state index contributed by atoms with van der Waals surface area (Å²) in [6.45, 7) is 3.75. The molecule has 0 N–H and O–H groups in total. The molecular weight excluding hydrogens is 296 g/mol. The van der Waals surface area contributed by atoms with Crippen molar-refractivity contribution in [2.24, 2.45) is 0 Å². The molecule has 22 heavy (non-hydrogen) atoms. The van der Waals surface area contributed by atoms with E-state index in [9.17, 15) is 8.42 Å². The molecule has 0 aliphatic rings. The highest BCUT2D eigenvalue weighted by Crippen LogP contribution is 2.18. The molecule has 0 atom stereocenters. The van der Waals surface area contributed by atoms with Crippen LogP contribution in [0.1, 0.15) is 11.3 Å². The van der Waals surface area contributed by atoms with Crippen molar-refractivity contribution in [1.82, 2.24) is 0 Å². The van der Waals surface area contributed by atoms with Crippen LogP contribution in [0.5, 0.6) is 0 Å². The summed E-state index contributed by atoms with van der Waals surface area (Å²) in [5.41, 5.74) is 1.77. The van der Waals surface area contributed by atoms with E-state index in [4.69, 9.17) is 0 Å². The number of fused-ring (bicyclic) bond motifs is 1. The molecular formula is C17H16N2O2S. The lowest BCUT2D eigenvalue weighted by atomic mass is 10.1. The Balaban J connectivity index is 2.01. The first-order valence-corrected chi connectivity index (χ1v) is 8.36. The maximum Gasteiger partial charge on any atom is 0.175 e. The monoisotopic (exact) mass is 312 g/mol. The standard InChI is InChI=1S/C17H16N2O2S/c1-13-7-9-17(10-8-13)22(20,21)18-19-12-16-6-4-3-5-15(16)11-14(19)2/h3-12H,1-2H3. The van der Waals surface area contributed by atoms with E-state index in [1.807, 2.05) is 44.2 Å². The van der Waals surface area contributed by atoms with E-state index in [0.717, 1.165) is 22.0 Å². The maximum atomic E-state index is 12.4. The van der Waals surface area contributed by atoms with Crippen molar-refractivity contribution >= 4 is 20.8 Å².